The van der Waals surface area contributed by atoms with Gasteiger partial charge in [-0.05, 0) is 36.2 Å². The molecule has 20 heavy (non-hydrogen) atoms. The summed E-state index contributed by atoms with van der Waals surface area (Å²) in [4.78, 5) is 12.0. The summed E-state index contributed by atoms with van der Waals surface area (Å²) >= 11 is 0. The van der Waals surface area contributed by atoms with Gasteiger partial charge in [0.15, 0.2) is 0 Å². The molecule has 0 saturated carbocycles. The van der Waals surface area contributed by atoms with Crippen LogP contribution in [0.2, 0.25) is 0 Å². The summed E-state index contributed by atoms with van der Waals surface area (Å²) in [6, 6.07) is 14.1. The van der Waals surface area contributed by atoms with Crippen LogP contribution in [-0.4, -0.2) is 24.7 Å². The largest absolute Gasteiger partial charge is 0.508 e. The number of methoxy groups -OCH3 is 1. The van der Waals surface area contributed by atoms with Gasteiger partial charge in [0.05, 0.1) is 12.7 Å². The van der Waals surface area contributed by atoms with E-state index in [0.29, 0.717) is 24.3 Å². The molecule has 4 heteroatoms. The molecule has 0 atom stereocenters. The average Bonchev–Trinajstić information content (AvgIpc) is 2.49. The molecule has 0 fully saturated rings. The molecule has 0 heterocycles. The van der Waals surface area contributed by atoms with E-state index in [2.05, 4.69) is 5.32 Å². The van der Waals surface area contributed by atoms with Crippen molar-refractivity contribution >= 4 is 5.91 Å². The molecule has 0 bridgehead atoms. The Morgan fingerprint density at radius 3 is 2.55 bits per heavy atom. The van der Waals surface area contributed by atoms with Crippen LogP contribution in [0.25, 0.3) is 0 Å². The minimum atomic E-state index is -0.152. The van der Waals surface area contributed by atoms with Crippen LogP contribution in [0.3, 0.4) is 0 Å². The molecule has 0 aliphatic carbocycles. The first kappa shape index (κ1) is 13.9. The minimum Gasteiger partial charge on any atom is -0.508 e. The number of benzene rings is 2. The molecule has 1 amide bonds. The van der Waals surface area contributed by atoms with Crippen molar-refractivity contribution in [3.05, 3.63) is 59.7 Å². The lowest BCUT2D eigenvalue weighted by Crippen LogP contribution is -2.26. The number of hydrogen-bond acceptors (Lipinski definition) is 3. The smallest absolute Gasteiger partial charge is 0.255 e. The number of nitrogens with one attached hydrogen (secondary N) is 1. The molecule has 0 aromatic heterocycles. The van der Waals surface area contributed by atoms with Crippen LogP contribution in [0.5, 0.6) is 11.5 Å². The predicted octanol–water partition coefficient (Wildman–Crippen LogP) is 2.37. The Kier molecular flexibility index (Phi) is 4.60. The van der Waals surface area contributed by atoms with E-state index in [9.17, 15) is 9.90 Å². The van der Waals surface area contributed by atoms with Crippen molar-refractivity contribution in [3.8, 4) is 11.5 Å². The number of rotatable bonds is 5. The predicted molar refractivity (Wildman–Crippen MR) is 77.1 cm³/mol. The molecule has 104 valence electrons. The van der Waals surface area contributed by atoms with Gasteiger partial charge in [0, 0.05) is 6.54 Å². The number of carbonyl (C=O) groups is 1. The molecule has 0 saturated heterocycles. The molecule has 2 aromatic rings. The Labute approximate surface area is 118 Å². The minimum absolute atomic E-state index is 0.152. The number of hydrogen-bond donors (Lipinski definition) is 2. The van der Waals surface area contributed by atoms with Gasteiger partial charge in [-0.2, -0.15) is 0 Å². The van der Waals surface area contributed by atoms with Crippen LogP contribution in [-0.2, 0) is 6.42 Å². The lowest BCUT2D eigenvalue weighted by molar-refractivity contribution is 0.0951. The highest BCUT2D eigenvalue weighted by atomic mass is 16.5. The van der Waals surface area contributed by atoms with E-state index < -0.39 is 0 Å². The first-order chi connectivity index (χ1) is 9.70. The first-order valence-electron chi connectivity index (χ1n) is 6.40. The number of aromatic hydroxyl groups is 1. The molecule has 2 N–H and O–H groups in total. The molecule has 2 rings (SSSR count). The maximum atomic E-state index is 12.0. The topological polar surface area (TPSA) is 58.6 Å². The second-order valence-corrected chi connectivity index (χ2v) is 4.37. The Morgan fingerprint density at radius 1 is 1.15 bits per heavy atom. The second-order valence-electron chi connectivity index (χ2n) is 4.37. The van der Waals surface area contributed by atoms with Crippen LogP contribution in [0, 0.1) is 0 Å². The third-order valence-corrected chi connectivity index (χ3v) is 2.99. The Bertz CT molecular complexity index is 579. The van der Waals surface area contributed by atoms with Crippen molar-refractivity contribution in [2.45, 2.75) is 6.42 Å². The number of phenolic OH excluding ortho intramolecular Hbond substituents is 1. The van der Waals surface area contributed by atoms with Crippen molar-refractivity contribution in [1.29, 1.82) is 0 Å². The molecule has 0 radical (unpaired) electrons. The van der Waals surface area contributed by atoms with Crippen LogP contribution >= 0.6 is 0 Å². The number of carbonyl (C=O) groups excluding carboxylic acids is 1. The van der Waals surface area contributed by atoms with Crippen LogP contribution < -0.4 is 10.1 Å². The van der Waals surface area contributed by atoms with Gasteiger partial charge in [-0.1, -0.05) is 24.3 Å². The van der Waals surface area contributed by atoms with Crippen molar-refractivity contribution < 1.29 is 14.6 Å². The monoisotopic (exact) mass is 271 g/mol. The lowest BCUT2D eigenvalue weighted by atomic mass is 10.1. The average molecular weight is 271 g/mol. The SMILES string of the molecule is COc1ccccc1C(=O)NCCc1ccc(O)cc1. The van der Waals surface area contributed by atoms with Gasteiger partial charge in [-0.15, -0.1) is 0 Å². The second kappa shape index (κ2) is 6.61. The highest BCUT2D eigenvalue weighted by Gasteiger charge is 2.10. The summed E-state index contributed by atoms with van der Waals surface area (Å²) in [5.41, 5.74) is 1.59. The molecule has 0 aliphatic rings. The van der Waals surface area contributed by atoms with Crippen molar-refractivity contribution in [1.82, 2.24) is 5.32 Å². The molecule has 0 spiro atoms. The Balaban J connectivity index is 1.90. The zero-order valence-electron chi connectivity index (χ0n) is 11.3. The fourth-order valence-corrected chi connectivity index (χ4v) is 1.91. The summed E-state index contributed by atoms with van der Waals surface area (Å²) in [6.45, 7) is 0.529. The summed E-state index contributed by atoms with van der Waals surface area (Å²) in [6.07, 6.45) is 0.709. The number of para-hydroxylation sites is 1. The van der Waals surface area contributed by atoms with Gasteiger partial charge >= 0.3 is 0 Å². The third kappa shape index (κ3) is 3.51. The maximum Gasteiger partial charge on any atom is 0.255 e. The lowest BCUT2D eigenvalue weighted by Gasteiger charge is -2.09. The highest BCUT2D eigenvalue weighted by molar-refractivity contribution is 5.96. The molecular formula is C16H17NO3. The fourth-order valence-electron chi connectivity index (χ4n) is 1.91. The highest BCUT2D eigenvalue weighted by Crippen LogP contribution is 2.16. The summed E-state index contributed by atoms with van der Waals surface area (Å²) in [5, 5.41) is 12.0. The fraction of sp³-hybridized carbons (Fsp3) is 0.188. The third-order valence-electron chi connectivity index (χ3n) is 2.99. The Morgan fingerprint density at radius 2 is 1.85 bits per heavy atom. The van der Waals surface area contributed by atoms with Gasteiger partial charge in [0.1, 0.15) is 11.5 Å². The summed E-state index contributed by atoms with van der Waals surface area (Å²) in [5.74, 6) is 0.655. The number of amides is 1. The maximum absolute atomic E-state index is 12.0. The molecular weight excluding hydrogens is 254 g/mol. The first-order valence-corrected chi connectivity index (χ1v) is 6.40. The van der Waals surface area contributed by atoms with Crippen molar-refractivity contribution in [2.24, 2.45) is 0 Å². The summed E-state index contributed by atoms with van der Waals surface area (Å²) < 4.78 is 5.16. The van der Waals surface area contributed by atoms with Gasteiger partial charge < -0.3 is 15.2 Å². The Hall–Kier alpha value is -2.49. The van der Waals surface area contributed by atoms with E-state index in [1.54, 1.807) is 37.4 Å². The number of ether oxygens (including phenoxy) is 1. The van der Waals surface area contributed by atoms with E-state index >= 15 is 0 Å². The standard InChI is InChI=1S/C16H17NO3/c1-20-15-5-3-2-4-14(15)16(19)17-11-10-12-6-8-13(18)9-7-12/h2-9,18H,10-11H2,1H3,(H,17,19). The quantitative estimate of drug-likeness (QED) is 0.877. The van der Waals surface area contributed by atoms with Gasteiger partial charge in [0.2, 0.25) is 0 Å². The molecule has 2 aromatic carbocycles. The number of phenols is 1. The van der Waals surface area contributed by atoms with E-state index in [1.165, 1.54) is 0 Å². The van der Waals surface area contributed by atoms with Crippen molar-refractivity contribution in [3.63, 3.8) is 0 Å². The van der Waals surface area contributed by atoms with Crippen LogP contribution in [0.15, 0.2) is 48.5 Å². The van der Waals surface area contributed by atoms with E-state index in [4.69, 9.17) is 4.74 Å². The zero-order chi connectivity index (χ0) is 14.4. The summed E-state index contributed by atoms with van der Waals surface area (Å²) in [7, 11) is 1.54. The van der Waals surface area contributed by atoms with Gasteiger partial charge in [-0.3, -0.25) is 4.79 Å². The normalized spacial score (nSPS) is 10.1. The molecule has 0 unspecified atom stereocenters. The van der Waals surface area contributed by atoms with Gasteiger partial charge in [-0.25, -0.2) is 0 Å². The zero-order valence-corrected chi connectivity index (χ0v) is 11.3. The van der Waals surface area contributed by atoms with Crippen molar-refractivity contribution in [2.75, 3.05) is 13.7 Å². The molecule has 4 nitrogen and oxygen atoms in total. The van der Waals surface area contributed by atoms with Crippen LogP contribution in [0.4, 0.5) is 0 Å². The van der Waals surface area contributed by atoms with Gasteiger partial charge in [0.25, 0.3) is 5.91 Å². The van der Waals surface area contributed by atoms with Crippen LogP contribution in [0.1, 0.15) is 15.9 Å². The molecule has 0 aliphatic heterocycles. The van der Waals surface area contributed by atoms with E-state index in [1.807, 2.05) is 18.2 Å². The van der Waals surface area contributed by atoms with E-state index in [0.717, 1.165) is 5.56 Å². The van der Waals surface area contributed by atoms with E-state index in [-0.39, 0.29) is 11.7 Å².